The lowest BCUT2D eigenvalue weighted by atomic mass is 10.2. The normalized spacial score (nSPS) is 11.1. The highest BCUT2D eigenvalue weighted by atomic mass is 35.5. The summed E-state index contributed by atoms with van der Waals surface area (Å²) in [6.45, 7) is 1.88. The van der Waals surface area contributed by atoms with Crippen LogP contribution in [0.5, 0.6) is 0 Å². The summed E-state index contributed by atoms with van der Waals surface area (Å²) in [5.41, 5.74) is 1.29. The molecule has 0 amide bonds. The number of aromatic nitrogens is 2. The van der Waals surface area contributed by atoms with Crippen LogP contribution in [-0.4, -0.2) is 9.78 Å². The summed E-state index contributed by atoms with van der Waals surface area (Å²) >= 11 is 5.73. The molecule has 0 aliphatic carbocycles. The number of rotatable bonds is 0. The van der Waals surface area contributed by atoms with Crippen LogP contribution < -0.4 is 0 Å². The summed E-state index contributed by atoms with van der Waals surface area (Å²) in [4.78, 5) is 0. The highest BCUT2D eigenvalue weighted by Crippen LogP contribution is 2.24. The smallest absolute Gasteiger partial charge is 0.152 e. The molecule has 13 heavy (non-hydrogen) atoms. The number of fused-ring (bicyclic) bond motifs is 1. The van der Waals surface area contributed by atoms with Crippen molar-refractivity contribution in [3.8, 4) is 0 Å². The third-order valence-electron chi connectivity index (χ3n) is 2.15. The predicted octanol–water partition coefficient (Wildman–Crippen LogP) is 2.67. The van der Waals surface area contributed by atoms with Crippen LogP contribution >= 0.6 is 11.6 Å². The second-order valence-corrected chi connectivity index (χ2v) is 3.43. The van der Waals surface area contributed by atoms with Crippen LogP contribution in [0.3, 0.4) is 0 Å². The zero-order valence-electron chi connectivity index (χ0n) is 7.31. The zero-order valence-corrected chi connectivity index (χ0v) is 8.06. The van der Waals surface area contributed by atoms with Crippen molar-refractivity contribution < 1.29 is 4.39 Å². The Balaban J connectivity index is 2.94. The molecule has 0 bridgehead atoms. The van der Waals surface area contributed by atoms with Gasteiger partial charge in [-0.15, -0.1) is 0 Å². The van der Waals surface area contributed by atoms with Gasteiger partial charge in [-0.1, -0.05) is 11.6 Å². The van der Waals surface area contributed by atoms with Crippen molar-refractivity contribution in [3.05, 3.63) is 28.7 Å². The Labute approximate surface area is 79.9 Å². The quantitative estimate of drug-likeness (QED) is 0.637. The predicted molar refractivity (Wildman–Crippen MR) is 50.4 cm³/mol. The molecule has 0 saturated heterocycles. The van der Waals surface area contributed by atoms with E-state index in [4.69, 9.17) is 11.6 Å². The maximum Gasteiger partial charge on any atom is 0.152 e. The largest absolute Gasteiger partial charge is 0.272 e. The van der Waals surface area contributed by atoms with Crippen LogP contribution in [0.15, 0.2) is 12.1 Å². The fourth-order valence-corrected chi connectivity index (χ4v) is 1.55. The van der Waals surface area contributed by atoms with E-state index < -0.39 is 0 Å². The molecule has 0 N–H and O–H groups in total. The minimum Gasteiger partial charge on any atom is -0.272 e. The van der Waals surface area contributed by atoms with Crippen molar-refractivity contribution in [1.29, 1.82) is 0 Å². The number of benzene rings is 1. The second kappa shape index (κ2) is 2.70. The van der Waals surface area contributed by atoms with Gasteiger partial charge in [0.15, 0.2) is 5.82 Å². The number of nitrogens with zero attached hydrogens (tertiary/aromatic N) is 2. The average molecular weight is 199 g/mol. The fourth-order valence-electron chi connectivity index (χ4n) is 1.34. The summed E-state index contributed by atoms with van der Waals surface area (Å²) in [5.74, 6) is -0.369. The zero-order chi connectivity index (χ0) is 9.59. The molecule has 0 spiro atoms. The summed E-state index contributed by atoms with van der Waals surface area (Å²) < 4.78 is 14.9. The van der Waals surface area contributed by atoms with Gasteiger partial charge < -0.3 is 0 Å². The van der Waals surface area contributed by atoms with Crippen LogP contribution in [0.1, 0.15) is 5.69 Å². The molecule has 2 aromatic rings. The van der Waals surface area contributed by atoms with Crippen molar-refractivity contribution in [2.24, 2.45) is 7.05 Å². The Morgan fingerprint density at radius 2 is 2.15 bits per heavy atom. The molecule has 0 radical (unpaired) electrons. The topological polar surface area (TPSA) is 17.8 Å². The van der Waals surface area contributed by atoms with E-state index in [0.29, 0.717) is 10.5 Å². The molecule has 1 aromatic heterocycles. The Bertz CT molecular complexity index is 476. The second-order valence-electron chi connectivity index (χ2n) is 2.99. The molecular formula is C9H8ClFN2. The van der Waals surface area contributed by atoms with Crippen molar-refractivity contribution in [2.45, 2.75) is 6.92 Å². The van der Waals surface area contributed by atoms with E-state index in [1.165, 1.54) is 6.07 Å². The average Bonchev–Trinajstić information content (AvgIpc) is 2.32. The highest BCUT2D eigenvalue weighted by molar-refractivity contribution is 6.31. The molecule has 0 atom stereocenters. The lowest BCUT2D eigenvalue weighted by Gasteiger charge is -1.93. The van der Waals surface area contributed by atoms with E-state index in [1.807, 2.05) is 6.92 Å². The summed E-state index contributed by atoms with van der Waals surface area (Å²) in [6, 6.07) is 3.00. The van der Waals surface area contributed by atoms with Crippen LogP contribution in [0, 0.1) is 12.7 Å². The van der Waals surface area contributed by atoms with Gasteiger partial charge in [0.1, 0.15) is 5.52 Å². The maximum absolute atomic E-state index is 13.3. The van der Waals surface area contributed by atoms with Gasteiger partial charge in [0.2, 0.25) is 0 Å². The third-order valence-corrected chi connectivity index (χ3v) is 2.37. The number of hydrogen-bond donors (Lipinski definition) is 0. The molecule has 1 heterocycles. The van der Waals surface area contributed by atoms with E-state index in [0.717, 1.165) is 11.1 Å². The first-order valence-corrected chi connectivity index (χ1v) is 4.26. The highest BCUT2D eigenvalue weighted by Gasteiger charge is 2.09. The molecule has 0 aliphatic heterocycles. The molecule has 0 unspecified atom stereocenters. The van der Waals surface area contributed by atoms with Crippen molar-refractivity contribution in [2.75, 3.05) is 0 Å². The monoisotopic (exact) mass is 198 g/mol. The molecule has 0 saturated carbocycles. The Morgan fingerprint density at radius 1 is 1.46 bits per heavy atom. The molecular weight excluding hydrogens is 191 g/mol. The molecule has 68 valence electrons. The fraction of sp³-hybridized carbons (Fsp3) is 0.222. The summed E-state index contributed by atoms with van der Waals surface area (Å²) in [5, 5.41) is 5.21. The van der Waals surface area contributed by atoms with E-state index >= 15 is 0 Å². The van der Waals surface area contributed by atoms with E-state index in [-0.39, 0.29) is 5.82 Å². The van der Waals surface area contributed by atoms with Crippen molar-refractivity contribution in [1.82, 2.24) is 9.78 Å². The van der Waals surface area contributed by atoms with Gasteiger partial charge in [0, 0.05) is 23.2 Å². The van der Waals surface area contributed by atoms with Gasteiger partial charge in [0.05, 0.1) is 0 Å². The Kier molecular flexibility index (Phi) is 1.77. The van der Waals surface area contributed by atoms with Crippen LogP contribution in [-0.2, 0) is 7.05 Å². The lowest BCUT2D eigenvalue weighted by Crippen LogP contribution is -1.91. The summed E-state index contributed by atoms with van der Waals surface area (Å²) in [6.07, 6.45) is 0. The van der Waals surface area contributed by atoms with Gasteiger partial charge in [-0.3, -0.25) is 4.68 Å². The Hall–Kier alpha value is -1.09. The molecule has 0 aliphatic rings. The van der Waals surface area contributed by atoms with Gasteiger partial charge in [-0.05, 0) is 19.1 Å². The lowest BCUT2D eigenvalue weighted by molar-refractivity contribution is 0.632. The van der Waals surface area contributed by atoms with Gasteiger partial charge in [-0.2, -0.15) is 5.10 Å². The van der Waals surface area contributed by atoms with E-state index in [2.05, 4.69) is 5.10 Å². The first-order chi connectivity index (χ1) is 6.09. The first kappa shape index (κ1) is 8.51. The molecule has 1 aromatic carbocycles. The van der Waals surface area contributed by atoms with Gasteiger partial charge in [-0.25, -0.2) is 4.39 Å². The molecule has 4 heteroatoms. The third kappa shape index (κ3) is 1.20. The molecule has 0 fully saturated rings. The van der Waals surface area contributed by atoms with E-state index in [9.17, 15) is 4.39 Å². The SMILES string of the molecule is Cc1c2cc(Cl)cc(F)c2nn1C. The first-order valence-electron chi connectivity index (χ1n) is 3.88. The van der Waals surface area contributed by atoms with Crippen LogP contribution in [0.4, 0.5) is 4.39 Å². The molecule has 2 rings (SSSR count). The standard InChI is InChI=1S/C9H8ClFN2/c1-5-7-3-6(10)4-8(11)9(7)12-13(5)2/h3-4H,1-2H3. The minimum absolute atomic E-state index is 0.369. The summed E-state index contributed by atoms with van der Waals surface area (Å²) in [7, 11) is 1.78. The maximum atomic E-state index is 13.3. The van der Waals surface area contributed by atoms with Gasteiger partial charge in [0.25, 0.3) is 0 Å². The van der Waals surface area contributed by atoms with Crippen molar-refractivity contribution in [3.63, 3.8) is 0 Å². The molecule has 2 nitrogen and oxygen atoms in total. The Morgan fingerprint density at radius 3 is 2.85 bits per heavy atom. The van der Waals surface area contributed by atoms with E-state index in [1.54, 1.807) is 17.8 Å². The minimum atomic E-state index is -0.369. The van der Waals surface area contributed by atoms with Crippen LogP contribution in [0.25, 0.3) is 10.9 Å². The number of hydrogen-bond acceptors (Lipinski definition) is 1. The van der Waals surface area contributed by atoms with Crippen molar-refractivity contribution >= 4 is 22.5 Å². The van der Waals surface area contributed by atoms with Crippen LogP contribution in [0.2, 0.25) is 5.02 Å². The number of aryl methyl sites for hydroxylation is 2. The number of halogens is 2. The van der Waals surface area contributed by atoms with Gasteiger partial charge >= 0.3 is 0 Å².